The van der Waals surface area contributed by atoms with E-state index in [1.807, 2.05) is 12.1 Å². The molecule has 2 saturated carbocycles. The Kier molecular flexibility index (Phi) is 6.56. The third-order valence-electron chi connectivity index (χ3n) is 6.83. The Morgan fingerprint density at radius 3 is 2.00 bits per heavy atom. The van der Waals surface area contributed by atoms with Crippen molar-refractivity contribution in [3.63, 3.8) is 0 Å². The second-order valence-corrected chi connectivity index (χ2v) is 8.29. The first-order valence-electron chi connectivity index (χ1n) is 10.4. The highest BCUT2D eigenvalue weighted by molar-refractivity contribution is 5.89. The average molecular weight is 343 g/mol. The van der Waals surface area contributed by atoms with Crippen LogP contribution in [0, 0.1) is 17.8 Å². The molecule has 0 bridgehead atoms. The van der Waals surface area contributed by atoms with Crippen molar-refractivity contribution in [1.82, 2.24) is 0 Å². The topological polar surface area (TPSA) is 26.3 Å². The van der Waals surface area contributed by atoms with E-state index in [-0.39, 0.29) is 5.97 Å². The van der Waals surface area contributed by atoms with Crippen molar-refractivity contribution in [3.8, 4) is 0 Å². The van der Waals surface area contributed by atoms with Crippen LogP contribution in [0.2, 0.25) is 0 Å². The van der Waals surface area contributed by atoms with E-state index in [4.69, 9.17) is 4.74 Å². The van der Waals surface area contributed by atoms with Crippen LogP contribution in [-0.2, 0) is 4.74 Å². The van der Waals surface area contributed by atoms with Gasteiger partial charge in [0.05, 0.1) is 12.7 Å². The molecule has 0 radical (unpaired) electrons. The van der Waals surface area contributed by atoms with E-state index in [2.05, 4.69) is 19.1 Å². The number of esters is 1. The Labute approximate surface area is 153 Å². The smallest absolute Gasteiger partial charge is 0.337 e. The molecule has 2 fully saturated rings. The van der Waals surface area contributed by atoms with Gasteiger partial charge in [0, 0.05) is 0 Å². The number of hydrogen-bond acceptors (Lipinski definition) is 2. The minimum atomic E-state index is -0.242. The first-order chi connectivity index (χ1) is 12.2. The van der Waals surface area contributed by atoms with Gasteiger partial charge in [0.2, 0.25) is 0 Å². The Morgan fingerprint density at radius 2 is 1.48 bits per heavy atom. The van der Waals surface area contributed by atoms with Crippen LogP contribution in [-0.4, -0.2) is 13.1 Å². The molecule has 0 amide bonds. The second-order valence-electron chi connectivity index (χ2n) is 8.29. The molecule has 2 aliphatic rings. The Hall–Kier alpha value is -1.31. The normalized spacial score (nSPS) is 30.0. The van der Waals surface area contributed by atoms with Crippen molar-refractivity contribution in [2.24, 2.45) is 17.8 Å². The number of methoxy groups -OCH3 is 1. The van der Waals surface area contributed by atoms with Gasteiger partial charge < -0.3 is 4.74 Å². The van der Waals surface area contributed by atoms with Gasteiger partial charge in [-0.05, 0) is 79.9 Å². The first kappa shape index (κ1) is 18.5. The standard InChI is InChI=1S/C23H34O2/c1-3-4-17-5-7-18(8-6-17)19-9-11-20(12-10-19)21-13-15-22(16-14-21)23(24)25-2/h13-20H,3-12H2,1-2H3/t17-,18-,19?,20?. The van der Waals surface area contributed by atoms with E-state index >= 15 is 0 Å². The van der Waals surface area contributed by atoms with Crippen molar-refractivity contribution < 1.29 is 9.53 Å². The van der Waals surface area contributed by atoms with Crippen molar-refractivity contribution in [2.75, 3.05) is 7.11 Å². The van der Waals surface area contributed by atoms with E-state index in [1.165, 1.54) is 76.9 Å². The molecule has 0 aromatic heterocycles. The summed E-state index contributed by atoms with van der Waals surface area (Å²) in [5, 5.41) is 0. The number of rotatable bonds is 5. The largest absolute Gasteiger partial charge is 0.465 e. The highest BCUT2D eigenvalue weighted by Crippen LogP contribution is 2.44. The predicted octanol–water partition coefficient (Wildman–Crippen LogP) is 6.35. The van der Waals surface area contributed by atoms with Crippen LogP contribution >= 0.6 is 0 Å². The maximum absolute atomic E-state index is 11.6. The van der Waals surface area contributed by atoms with E-state index in [0.717, 1.165) is 17.8 Å². The summed E-state index contributed by atoms with van der Waals surface area (Å²) in [4.78, 5) is 11.6. The quantitative estimate of drug-likeness (QED) is 0.582. The lowest BCUT2D eigenvalue weighted by Crippen LogP contribution is -2.25. The summed E-state index contributed by atoms with van der Waals surface area (Å²) < 4.78 is 4.79. The minimum absolute atomic E-state index is 0.242. The van der Waals surface area contributed by atoms with E-state index < -0.39 is 0 Å². The zero-order chi connectivity index (χ0) is 17.6. The van der Waals surface area contributed by atoms with Gasteiger partial charge in [-0.3, -0.25) is 0 Å². The Morgan fingerprint density at radius 1 is 0.920 bits per heavy atom. The molecular formula is C23H34O2. The number of ether oxygens (including phenoxy) is 1. The predicted molar refractivity (Wildman–Crippen MR) is 103 cm³/mol. The molecule has 0 saturated heterocycles. The monoisotopic (exact) mass is 342 g/mol. The fraction of sp³-hybridized carbons (Fsp3) is 0.696. The number of carbonyl (C=O) groups is 1. The zero-order valence-corrected chi connectivity index (χ0v) is 16.0. The van der Waals surface area contributed by atoms with E-state index in [0.29, 0.717) is 11.5 Å². The van der Waals surface area contributed by atoms with Gasteiger partial charge in [-0.25, -0.2) is 4.79 Å². The van der Waals surface area contributed by atoms with Gasteiger partial charge >= 0.3 is 5.97 Å². The van der Waals surface area contributed by atoms with Crippen molar-refractivity contribution in [2.45, 2.75) is 77.0 Å². The van der Waals surface area contributed by atoms with Gasteiger partial charge in [0.15, 0.2) is 0 Å². The minimum Gasteiger partial charge on any atom is -0.465 e. The molecule has 138 valence electrons. The van der Waals surface area contributed by atoms with E-state index in [1.54, 1.807) is 0 Å². The maximum atomic E-state index is 11.6. The van der Waals surface area contributed by atoms with E-state index in [9.17, 15) is 4.79 Å². The lowest BCUT2D eigenvalue weighted by atomic mass is 9.68. The summed E-state index contributed by atoms with van der Waals surface area (Å²) in [7, 11) is 1.44. The number of carbonyl (C=O) groups excluding carboxylic acids is 1. The third-order valence-corrected chi connectivity index (χ3v) is 6.83. The maximum Gasteiger partial charge on any atom is 0.337 e. The molecule has 2 heteroatoms. The van der Waals surface area contributed by atoms with Crippen LogP contribution < -0.4 is 0 Å². The van der Waals surface area contributed by atoms with Crippen molar-refractivity contribution in [1.29, 1.82) is 0 Å². The molecule has 2 nitrogen and oxygen atoms in total. The lowest BCUT2D eigenvalue weighted by molar-refractivity contribution is 0.0600. The van der Waals surface area contributed by atoms with Gasteiger partial charge in [0.1, 0.15) is 0 Å². The number of hydrogen-bond donors (Lipinski definition) is 0. The van der Waals surface area contributed by atoms with Crippen LogP contribution in [0.25, 0.3) is 0 Å². The van der Waals surface area contributed by atoms with Gasteiger partial charge in [-0.2, -0.15) is 0 Å². The second kappa shape index (κ2) is 8.87. The molecular weight excluding hydrogens is 308 g/mol. The van der Waals surface area contributed by atoms with Crippen LogP contribution in [0.15, 0.2) is 24.3 Å². The van der Waals surface area contributed by atoms with Crippen LogP contribution in [0.4, 0.5) is 0 Å². The lowest BCUT2D eigenvalue weighted by Gasteiger charge is -2.38. The third kappa shape index (κ3) is 4.65. The molecule has 1 aromatic carbocycles. The molecule has 0 unspecified atom stereocenters. The fourth-order valence-corrected chi connectivity index (χ4v) is 5.29. The summed E-state index contributed by atoms with van der Waals surface area (Å²) in [6.45, 7) is 2.32. The fourth-order valence-electron chi connectivity index (χ4n) is 5.29. The molecule has 0 spiro atoms. The SMILES string of the molecule is CCC[C@H]1CC[C@H](C2CCC(c3ccc(C(=O)OC)cc3)CC2)CC1. The molecule has 0 heterocycles. The van der Waals surface area contributed by atoms with Gasteiger partial charge in [-0.1, -0.05) is 44.7 Å². The molecule has 3 rings (SSSR count). The molecule has 0 N–H and O–H groups in total. The summed E-state index contributed by atoms with van der Waals surface area (Å²) >= 11 is 0. The van der Waals surface area contributed by atoms with Crippen LogP contribution in [0.3, 0.4) is 0 Å². The van der Waals surface area contributed by atoms with Crippen LogP contribution in [0.5, 0.6) is 0 Å². The molecule has 0 aliphatic heterocycles. The molecule has 2 aliphatic carbocycles. The zero-order valence-electron chi connectivity index (χ0n) is 16.0. The van der Waals surface area contributed by atoms with Gasteiger partial charge in [-0.15, -0.1) is 0 Å². The summed E-state index contributed by atoms with van der Waals surface area (Å²) in [6, 6.07) is 8.10. The van der Waals surface area contributed by atoms with Crippen molar-refractivity contribution >= 4 is 5.97 Å². The summed E-state index contributed by atoms with van der Waals surface area (Å²) in [6.07, 6.45) is 14.1. The average Bonchev–Trinajstić information content (AvgIpc) is 2.68. The molecule has 0 atom stereocenters. The van der Waals surface area contributed by atoms with Crippen molar-refractivity contribution in [3.05, 3.63) is 35.4 Å². The Balaban J connectivity index is 1.48. The molecule has 25 heavy (non-hydrogen) atoms. The first-order valence-corrected chi connectivity index (χ1v) is 10.4. The highest BCUT2D eigenvalue weighted by atomic mass is 16.5. The summed E-state index contributed by atoms with van der Waals surface area (Å²) in [5.74, 6) is 3.42. The molecule has 1 aromatic rings. The van der Waals surface area contributed by atoms with Gasteiger partial charge in [0.25, 0.3) is 0 Å². The highest BCUT2D eigenvalue weighted by Gasteiger charge is 2.31. The Bertz CT molecular complexity index is 532. The summed E-state index contributed by atoms with van der Waals surface area (Å²) in [5.41, 5.74) is 2.06. The van der Waals surface area contributed by atoms with Crippen LogP contribution in [0.1, 0.15) is 93.0 Å². The number of benzene rings is 1.